The molecule has 1 heterocycles. The van der Waals surface area contributed by atoms with Crippen LogP contribution in [0.15, 0.2) is 15.6 Å². The monoisotopic (exact) mass is 301 g/mol. The minimum absolute atomic E-state index is 0.0672. The molecule has 0 saturated heterocycles. The summed E-state index contributed by atoms with van der Waals surface area (Å²) in [5.74, 6) is 0. The largest absolute Gasteiger partial charge is 0.396 e. The smallest absolute Gasteiger partial charge is 0.281 e. The van der Waals surface area contributed by atoms with E-state index in [1.165, 1.54) is 0 Å². The first-order chi connectivity index (χ1) is 6.73. The molecule has 0 unspecified atom stereocenters. The number of sulfonamides is 1. The summed E-state index contributed by atoms with van der Waals surface area (Å²) in [5, 5.41) is 4.00. The van der Waals surface area contributed by atoms with Crippen molar-refractivity contribution in [1.29, 1.82) is 0 Å². The number of nitrogens with zero attached hydrogens (tertiary/aromatic N) is 1. The van der Waals surface area contributed by atoms with Gasteiger partial charge in [0, 0.05) is 4.47 Å². The molecule has 9 heteroatoms. The van der Waals surface area contributed by atoms with Crippen LogP contribution in [0.3, 0.4) is 0 Å². The van der Waals surface area contributed by atoms with E-state index in [1.54, 1.807) is 0 Å². The van der Waals surface area contributed by atoms with Crippen LogP contribution in [0.4, 0.5) is 14.5 Å². The topological polar surface area (TPSA) is 99.1 Å². The molecule has 84 valence electrons. The van der Waals surface area contributed by atoms with E-state index in [0.29, 0.717) is 0 Å². The van der Waals surface area contributed by atoms with E-state index in [4.69, 9.17) is 10.9 Å². The molecule has 5 nitrogen and oxygen atoms in total. The van der Waals surface area contributed by atoms with E-state index < -0.39 is 27.2 Å². The molecule has 0 aliphatic carbocycles. The number of anilines is 1. The minimum atomic E-state index is -4.20. The minimum Gasteiger partial charge on any atom is -0.396 e. The summed E-state index contributed by atoms with van der Waals surface area (Å²) in [7, 11) is -4.20. The number of pyridine rings is 1. The van der Waals surface area contributed by atoms with Crippen LogP contribution in [-0.2, 0) is 10.0 Å². The average molecular weight is 302 g/mol. The van der Waals surface area contributed by atoms with Crippen molar-refractivity contribution in [2.75, 3.05) is 5.73 Å². The second kappa shape index (κ2) is 3.99. The van der Waals surface area contributed by atoms with Crippen LogP contribution in [0, 0.1) is 0 Å². The SMILES string of the molecule is Nc1cc(Br)c(C(F)F)nc1S(N)(=O)=O. The lowest BCUT2D eigenvalue weighted by Crippen LogP contribution is -2.17. The maximum absolute atomic E-state index is 12.4. The molecule has 0 aliphatic heterocycles. The van der Waals surface area contributed by atoms with Gasteiger partial charge in [-0.2, -0.15) is 0 Å². The summed E-state index contributed by atoms with van der Waals surface area (Å²) in [6, 6.07) is 1.02. The molecule has 4 N–H and O–H groups in total. The summed E-state index contributed by atoms with van der Waals surface area (Å²) < 4.78 is 46.5. The van der Waals surface area contributed by atoms with Gasteiger partial charge < -0.3 is 5.73 Å². The highest BCUT2D eigenvalue weighted by atomic mass is 79.9. The number of primary sulfonamides is 1. The molecule has 0 aliphatic rings. The number of alkyl halides is 2. The van der Waals surface area contributed by atoms with Crippen molar-refractivity contribution in [2.45, 2.75) is 11.5 Å². The highest BCUT2D eigenvalue weighted by Crippen LogP contribution is 2.29. The number of rotatable bonds is 2. The lowest BCUT2D eigenvalue weighted by Gasteiger charge is -2.07. The third kappa shape index (κ3) is 2.61. The highest BCUT2D eigenvalue weighted by Gasteiger charge is 2.21. The van der Waals surface area contributed by atoms with Gasteiger partial charge in [0.05, 0.1) is 5.69 Å². The Labute approximate surface area is 92.7 Å². The van der Waals surface area contributed by atoms with Crippen LogP contribution in [0.2, 0.25) is 0 Å². The first-order valence-electron chi connectivity index (χ1n) is 3.50. The molecule has 0 spiro atoms. The Hall–Kier alpha value is -0.800. The molecule has 0 fully saturated rings. The predicted octanol–water partition coefficient (Wildman–Crippen LogP) is 1.01. The number of halogens is 3. The zero-order valence-corrected chi connectivity index (χ0v) is 9.52. The van der Waals surface area contributed by atoms with E-state index in [0.717, 1.165) is 6.07 Å². The fourth-order valence-electron chi connectivity index (χ4n) is 0.880. The molecule has 0 saturated carbocycles. The third-order valence-electron chi connectivity index (χ3n) is 1.47. The van der Waals surface area contributed by atoms with Crippen LogP contribution in [0.5, 0.6) is 0 Å². The lowest BCUT2D eigenvalue weighted by atomic mass is 10.3. The van der Waals surface area contributed by atoms with Gasteiger partial charge in [-0.05, 0) is 22.0 Å². The van der Waals surface area contributed by atoms with Crippen LogP contribution in [0.25, 0.3) is 0 Å². The van der Waals surface area contributed by atoms with Gasteiger partial charge in [0.15, 0.2) is 5.03 Å². The summed E-state index contributed by atoms with van der Waals surface area (Å²) in [6.45, 7) is 0. The molecule has 15 heavy (non-hydrogen) atoms. The fourth-order valence-corrected chi connectivity index (χ4v) is 2.00. The van der Waals surface area contributed by atoms with Crippen molar-refractivity contribution in [3.8, 4) is 0 Å². The van der Waals surface area contributed by atoms with Crippen LogP contribution >= 0.6 is 15.9 Å². The summed E-state index contributed by atoms with van der Waals surface area (Å²) in [6.07, 6.45) is -2.92. The third-order valence-corrected chi connectivity index (χ3v) is 2.97. The van der Waals surface area contributed by atoms with Crippen molar-refractivity contribution >= 4 is 31.6 Å². The number of hydrogen-bond donors (Lipinski definition) is 2. The van der Waals surface area contributed by atoms with Gasteiger partial charge in [-0.15, -0.1) is 0 Å². The number of aromatic nitrogens is 1. The fraction of sp³-hybridized carbons (Fsp3) is 0.167. The Morgan fingerprint density at radius 3 is 2.40 bits per heavy atom. The van der Waals surface area contributed by atoms with Gasteiger partial charge in [0.1, 0.15) is 5.69 Å². The molecule has 0 radical (unpaired) electrons. The van der Waals surface area contributed by atoms with Gasteiger partial charge in [-0.25, -0.2) is 27.3 Å². The van der Waals surface area contributed by atoms with Crippen molar-refractivity contribution in [1.82, 2.24) is 4.98 Å². The predicted molar refractivity (Wildman–Crippen MR) is 52.7 cm³/mol. The van der Waals surface area contributed by atoms with Gasteiger partial charge >= 0.3 is 0 Å². The second-order valence-electron chi connectivity index (χ2n) is 2.60. The number of nitrogen functional groups attached to an aromatic ring is 1. The number of hydrogen-bond acceptors (Lipinski definition) is 4. The Balaban J connectivity index is 3.50. The maximum atomic E-state index is 12.4. The molecule has 1 rings (SSSR count). The van der Waals surface area contributed by atoms with E-state index in [9.17, 15) is 17.2 Å². The van der Waals surface area contributed by atoms with Crippen molar-refractivity contribution in [3.05, 3.63) is 16.2 Å². The molecule has 0 aromatic carbocycles. The molecule has 0 amide bonds. The van der Waals surface area contributed by atoms with Crippen LogP contribution in [-0.4, -0.2) is 13.4 Å². The van der Waals surface area contributed by atoms with Gasteiger partial charge in [0.25, 0.3) is 16.4 Å². The zero-order chi connectivity index (χ0) is 11.8. The first kappa shape index (κ1) is 12.3. The van der Waals surface area contributed by atoms with Crippen LogP contribution in [0.1, 0.15) is 12.1 Å². The first-order valence-corrected chi connectivity index (χ1v) is 5.84. The van der Waals surface area contributed by atoms with E-state index in [1.807, 2.05) is 0 Å². The van der Waals surface area contributed by atoms with Gasteiger partial charge in [0.2, 0.25) is 0 Å². The zero-order valence-electron chi connectivity index (χ0n) is 7.12. The lowest BCUT2D eigenvalue weighted by molar-refractivity contribution is 0.144. The number of nitrogens with two attached hydrogens (primary N) is 2. The summed E-state index contributed by atoms with van der Waals surface area (Å²) in [4.78, 5) is 3.21. The molecule has 1 aromatic heterocycles. The Kier molecular flexibility index (Phi) is 3.26. The summed E-state index contributed by atoms with van der Waals surface area (Å²) >= 11 is 2.79. The van der Waals surface area contributed by atoms with Crippen molar-refractivity contribution < 1.29 is 17.2 Å². The van der Waals surface area contributed by atoms with E-state index >= 15 is 0 Å². The average Bonchev–Trinajstić information content (AvgIpc) is 2.00. The van der Waals surface area contributed by atoms with E-state index in [-0.39, 0.29) is 10.2 Å². The molecule has 0 atom stereocenters. The normalized spacial score (nSPS) is 12.1. The Morgan fingerprint density at radius 1 is 1.47 bits per heavy atom. The molecule has 0 bridgehead atoms. The van der Waals surface area contributed by atoms with Gasteiger partial charge in [-0.1, -0.05) is 0 Å². The summed E-state index contributed by atoms with van der Waals surface area (Å²) in [5.41, 5.74) is 4.28. The van der Waals surface area contributed by atoms with Crippen LogP contribution < -0.4 is 10.9 Å². The maximum Gasteiger partial charge on any atom is 0.281 e. The highest BCUT2D eigenvalue weighted by molar-refractivity contribution is 9.10. The van der Waals surface area contributed by atoms with Gasteiger partial charge in [-0.3, -0.25) is 0 Å². The second-order valence-corrected chi connectivity index (χ2v) is 4.93. The Bertz CT molecular complexity index is 491. The standard InChI is InChI=1S/C6H6BrF2N3O2S/c7-2-1-3(10)6(15(11,13)14)12-4(2)5(8)9/h1,5H,10H2,(H2,11,13,14). The van der Waals surface area contributed by atoms with Crippen molar-refractivity contribution in [3.63, 3.8) is 0 Å². The van der Waals surface area contributed by atoms with Crippen molar-refractivity contribution in [2.24, 2.45) is 5.14 Å². The quantitative estimate of drug-likeness (QED) is 0.851. The Morgan fingerprint density at radius 2 is 2.00 bits per heavy atom. The molecular weight excluding hydrogens is 296 g/mol. The molecular formula is C6H6BrF2N3O2S. The molecule has 1 aromatic rings. The van der Waals surface area contributed by atoms with E-state index in [2.05, 4.69) is 20.9 Å².